The van der Waals surface area contributed by atoms with E-state index >= 15 is 0 Å². The van der Waals surface area contributed by atoms with E-state index < -0.39 is 11.8 Å². The number of para-hydroxylation sites is 1. The molecule has 0 atom stereocenters. The summed E-state index contributed by atoms with van der Waals surface area (Å²) in [5.74, 6) is -0.765. The maximum atomic E-state index is 12.1. The van der Waals surface area contributed by atoms with Gasteiger partial charge < -0.3 is 10.2 Å². The Kier molecular flexibility index (Phi) is 6.40. The van der Waals surface area contributed by atoms with Crippen LogP contribution < -0.4 is 5.32 Å². The fourth-order valence-corrected chi connectivity index (χ4v) is 2.18. The van der Waals surface area contributed by atoms with E-state index in [-0.39, 0.29) is 5.92 Å². The number of carbonyl (C=O) groups excluding carboxylic acids is 2. The van der Waals surface area contributed by atoms with Crippen LogP contribution >= 0.6 is 0 Å². The van der Waals surface area contributed by atoms with Crippen LogP contribution in [0.5, 0.6) is 0 Å². The Morgan fingerprint density at radius 1 is 1.29 bits per heavy atom. The molecule has 4 nitrogen and oxygen atoms in total. The molecule has 0 spiro atoms. The molecular weight excluding hydrogens is 264 g/mol. The number of nitrogens with zero attached hydrogens (tertiary/aromatic N) is 1. The summed E-state index contributed by atoms with van der Waals surface area (Å²) in [7, 11) is 1.67. The van der Waals surface area contributed by atoms with Gasteiger partial charge in [-0.25, -0.2) is 0 Å². The van der Waals surface area contributed by atoms with E-state index in [1.54, 1.807) is 7.05 Å². The van der Waals surface area contributed by atoms with Gasteiger partial charge in [-0.05, 0) is 30.4 Å². The minimum atomic E-state index is -0.565. The molecule has 0 fully saturated rings. The highest BCUT2D eigenvalue weighted by atomic mass is 16.2. The lowest BCUT2D eigenvalue weighted by atomic mass is 9.98. The number of unbranched alkanes of at least 4 members (excludes halogenated alkanes) is 1. The molecule has 2 amide bonds. The highest BCUT2D eigenvalue weighted by molar-refractivity contribution is 6.39. The Labute approximate surface area is 127 Å². The van der Waals surface area contributed by atoms with Gasteiger partial charge in [0.25, 0.3) is 0 Å². The molecule has 0 aliphatic heterocycles. The third-order valence-electron chi connectivity index (χ3n) is 3.55. The Morgan fingerprint density at radius 2 is 1.95 bits per heavy atom. The first-order valence-electron chi connectivity index (χ1n) is 7.54. The van der Waals surface area contributed by atoms with Crippen LogP contribution in [0.2, 0.25) is 0 Å². The minimum Gasteiger partial charge on any atom is -0.338 e. The summed E-state index contributed by atoms with van der Waals surface area (Å²) in [4.78, 5) is 25.7. The van der Waals surface area contributed by atoms with Gasteiger partial charge in [-0.3, -0.25) is 9.59 Å². The molecule has 21 heavy (non-hydrogen) atoms. The molecule has 0 saturated heterocycles. The molecular formula is C17H26N2O2. The molecule has 0 aliphatic rings. The van der Waals surface area contributed by atoms with Gasteiger partial charge in [-0.2, -0.15) is 0 Å². The zero-order valence-electron chi connectivity index (χ0n) is 13.7. The summed E-state index contributed by atoms with van der Waals surface area (Å²) >= 11 is 0. The van der Waals surface area contributed by atoms with Crippen LogP contribution in [-0.4, -0.2) is 30.3 Å². The van der Waals surface area contributed by atoms with E-state index in [1.807, 2.05) is 25.1 Å². The average molecular weight is 290 g/mol. The fourth-order valence-electron chi connectivity index (χ4n) is 2.18. The molecule has 0 aliphatic carbocycles. The third-order valence-corrected chi connectivity index (χ3v) is 3.55. The number of aryl methyl sites for hydroxylation is 1. The fraction of sp³-hybridized carbons (Fsp3) is 0.529. The molecule has 1 N–H and O–H groups in total. The standard InChI is InChI=1S/C17H26N2O2/c1-6-7-11-19(5)17(21)16(20)18-15-13(4)9-8-10-14(15)12(2)3/h8-10,12H,6-7,11H2,1-5H3,(H,18,20). The number of carbonyl (C=O) groups is 2. The van der Waals surface area contributed by atoms with Gasteiger partial charge >= 0.3 is 11.8 Å². The van der Waals surface area contributed by atoms with E-state index in [9.17, 15) is 9.59 Å². The minimum absolute atomic E-state index is 0.285. The Bertz CT molecular complexity index is 510. The Morgan fingerprint density at radius 3 is 2.52 bits per heavy atom. The number of likely N-dealkylation sites (N-methyl/N-ethyl adjacent to an activating group) is 1. The first-order valence-corrected chi connectivity index (χ1v) is 7.54. The molecule has 0 unspecified atom stereocenters. The van der Waals surface area contributed by atoms with Gasteiger partial charge in [0.15, 0.2) is 0 Å². The first-order chi connectivity index (χ1) is 9.88. The summed E-state index contributed by atoms with van der Waals surface area (Å²) in [6.07, 6.45) is 1.89. The second kappa shape index (κ2) is 7.81. The lowest BCUT2D eigenvalue weighted by molar-refractivity contribution is -0.142. The van der Waals surface area contributed by atoms with Crippen molar-refractivity contribution in [1.82, 2.24) is 4.90 Å². The zero-order valence-corrected chi connectivity index (χ0v) is 13.7. The number of benzene rings is 1. The SMILES string of the molecule is CCCCN(C)C(=O)C(=O)Nc1c(C)cccc1C(C)C. The predicted molar refractivity (Wildman–Crippen MR) is 86.4 cm³/mol. The van der Waals surface area contributed by atoms with Crippen molar-refractivity contribution in [2.24, 2.45) is 0 Å². The number of nitrogens with one attached hydrogen (secondary N) is 1. The third kappa shape index (κ3) is 4.59. The van der Waals surface area contributed by atoms with Crippen LogP contribution in [0.25, 0.3) is 0 Å². The molecule has 0 radical (unpaired) electrons. The molecule has 116 valence electrons. The molecule has 1 aromatic rings. The molecule has 0 bridgehead atoms. The number of rotatable bonds is 5. The average Bonchev–Trinajstić information content (AvgIpc) is 2.45. The van der Waals surface area contributed by atoms with E-state index in [0.29, 0.717) is 6.54 Å². The molecule has 0 saturated carbocycles. The topological polar surface area (TPSA) is 49.4 Å². The van der Waals surface area contributed by atoms with Crippen molar-refractivity contribution in [3.8, 4) is 0 Å². The van der Waals surface area contributed by atoms with Crippen LogP contribution in [-0.2, 0) is 9.59 Å². The number of anilines is 1. The normalized spacial score (nSPS) is 10.6. The quantitative estimate of drug-likeness (QED) is 0.846. The summed E-state index contributed by atoms with van der Waals surface area (Å²) < 4.78 is 0. The van der Waals surface area contributed by atoms with E-state index in [1.165, 1.54) is 4.90 Å². The number of hydrogen-bond donors (Lipinski definition) is 1. The maximum absolute atomic E-state index is 12.1. The van der Waals surface area contributed by atoms with Crippen molar-refractivity contribution in [2.75, 3.05) is 18.9 Å². The summed E-state index contributed by atoms with van der Waals surface area (Å²) in [5.41, 5.74) is 2.78. The monoisotopic (exact) mass is 290 g/mol. The van der Waals surface area contributed by atoms with Crippen molar-refractivity contribution >= 4 is 17.5 Å². The second-order valence-electron chi connectivity index (χ2n) is 5.73. The number of hydrogen-bond acceptors (Lipinski definition) is 2. The van der Waals surface area contributed by atoms with Gasteiger partial charge in [0.05, 0.1) is 0 Å². The molecule has 0 heterocycles. The van der Waals surface area contributed by atoms with Crippen LogP contribution in [0, 0.1) is 6.92 Å². The van der Waals surface area contributed by atoms with Gasteiger partial charge in [-0.15, -0.1) is 0 Å². The Hall–Kier alpha value is -1.84. The van der Waals surface area contributed by atoms with Crippen molar-refractivity contribution < 1.29 is 9.59 Å². The van der Waals surface area contributed by atoms with Crippen LogP contribution in [0.15, 0.2) is 18.2 Å². The highest BCUT2D eigenvalue weighted by Crippen LogP contribution is 2.27. The predicted octanol–water partition coefficient (Wildman–Crippen LogP) is 3.32. The highest BCUT2D eigenvalue weighted by Gasteiger charge is 2.20. The van der Waals surface area contributed by atoms with Crippen molar-refractivity contribution in [3.63, 3.8) is 0 Å². The summed E-state index contributed by atoms with van der Waals surface area (Å²) in [6, 6.07) is 5.89. The van der Waals surface area contributed by atoms with Crippen molar-refractivity contribution in [1.29, 1.82) is 0 Å². The van der Waals surface area contributed by atoms with E-state index in [2.05, 4.69) is 26.1 Å². The smallest absolute Gasteiger partial charge is 0.313 e. The zero-order chi connectivity index (χ0) is 16.0. The largest absolute Gasteiger partial charge is 0.338 e. The van der Waals surface area contributed by atoms with Crippen LogP contribution in [0.3, 0.4) is 0 Å². The first kappa shape index (κ1) is 17.2. The van der Waals surface area contributed by atoms with Gasteiger partial charge in [0.1, 0.15) is 0 Å². The lowest BCUT2D eigenvalue weighted by Crippen LogP contribution is -2.37. The second-order valence-corrected chi connectivity index (χ2v) is 5.73. The lowest BCUT2D eigenvalue weighted by Gasteiger charge is -2.19. The van der Waals surface area contributed by atoms with Crippen LogP contribution in [0.4, 0.5) is 5.69 Å². The van der Waals surface area contributed by atoms with Gasteiger partial charge in [-0.1, -0.05) is 45.4 Å². The van der Waals surface area contributed by atoms with E-state index in [0.717, 1.165) is 29.7 Å². The van der Waals surface area contributed by atoms with Gasteiger partial charge in [0, 0.05) is 19.3 Å². The number of amides is 2. The molecule has 1 aromatic carbocycles. The maximum Gasteiger partial charge on any atom is 0.313 e. The summed E-state index contributed by atoms with van der Waals surface area (Å²) in [5, 5.41) is 2.79. The van der Waals surface area contributed by atoms with E-state index in [4.69, 9.17) is 0 Å². The molecule has 4 heteroatoms. The van der Waals surface area contributed by atoms with Crippen LogP contribution in [0.1, 0.15) is 50.7 Å². The molecule has 1 rings (SSSR count). The van der Waals surface area contributed by atoms with Gasteiger partial charge in [0.2, 0.25) is 0 Å². The van der Waals surface area contributed by atoms with Crippen molar-refractivity contribution in [2.45, 2.75) is 46.5 Å². The molecule has 0 aromatic heterocycles. The Balaban J connectivity index is 2.86. The van der Waals surface area contributed by atoms with Crippen molar-refractivity contribution in [3.05, 3.63) is 29.3 Å². The summed E-state index contributed by atoms with van der Waals surface area (Å²) in [6.45, 7) is 8.74.